The monoisotopic (exact) mass is 338 g/mol. The van der Waals surface area contributed by atoms with Crippen molar-refractivity contribution in [1.29, 1.82) is 0 Å². The van der Waals surface area contributed by atoms with Gasteiger partial charge in [0.1, 0.15) is 11.6 Å². The highest BCUT2D eigenvalue weighted by Gasteiger charge is 2.26. The largest absolute Gasteiger partial charge is 0.497 e. The molecular weight excluding hydrogens is 319 g/mol. The Morgan fingerprint density at radius 2 is 2.12 bits per heavy atom. The van der Waals surface area contributed by atoms with E-state index in [-0.39, 0.29) is 17.5 Å². The van der Waals surface area contributed by atoms with Gasteiger partial charge in [-0.15, -0.1) is 0 Å². The van der Waals surface area contributed by atoms with Crippen molar-refractivity contribution in [2.75, 3.05) is 7.11 Å². The van der Waals surface area contributed by atoms with Crippen molar-refractivity contribution >= 4 is 16.8 Å². The van der Waals surface area contributed by atoms with Gasteiger partial charge in [-0.05, 0) is 55.2 Å². The highest BCUT2D eigenvalue weighted by molar-refractivity contribution is 5.95. The zero-order valence-corrected chi connectivity index (χ0v) is 13.9. The fourth-order valence-electron chi connectivity index (χ4n) is 3.59. The number of carbonyl (C=O) groups is 1. The summed E-state index contributed by atoms with van der Waals surface area (Å²) in [5, 5.41) is 4.10. The first-order valence-electron chi connectivity index (χ1n) is 8.41. The molecule has 1 aromatic heterocycles. The molecule has 128 valence electrons. The quantitative estimate of drug-likeness (QED) is 0.755. The lowest BCUT2D eigenvalue weighted by Crippen LogP contribution is -2.31. The van der Waals surface area contributed by atoms with Crippen molar-refractivity contribution in [2.24, 2.45) is 0 Å². The Kier molecular flexibility index (Phi) is 3.92. The molecule has 0 aliphatic heterocycles. The van der Waals surface area contributed by atoms with E-state index in [0.717, 1.165) is 41.6 Å². The van der Waals surface area contributed by atoms with Crippen LogP contribution in [0.15, 0.2) is 42.5 Å². The second-order valence-corrected chi connectivity index (χ2v) is 6.33. The number of aryl methyl sites for hydroxylation is 1. The molecule has 1 amide bonds. The van der Waals surface area contributed by atoms with Gasteiger partial charge in [-0.2, -0.15) is 0 Å². The highest BCUT2D eigenvalue weighted by atomic mass is 19.1. The van der Waals surface area contributed by atoms with Gasteiger partial charge < -0.3 is 15.0 Å². The van der Waals surface area contributed by atoms with E-state index in [0.29, 0.717) is 0 Å². The lowest BCUT2D eigenvalue weighted by Gasteiger charge is -2.24. The van der Waals surface area contributed by atoms with Crippen LogP contribution in [0.3, 0.4) is 0 Å². The van der Waals surface area contributed by atoms with E-state index in [9.17, 15) is 9.18 Å². The van der Waals surface area contributed by atoms with Crippen LogP contribution in [0, 0.1) is 5.82 Å². The van der Waals surface area contributed by atoms with E-state index >= 15 is 0 Å². The lowest BCUT2D eigenvalue weighted by molar-refractivity contribution is 0.0928. The Bertz CT molecular complexity index is 948. The molecule has 2 aromatic carbocycles. The van der Waals surface area contributed by atoms with Crippen molar-refractivity contribution in [3.05, 3.63) is 65.1 Å². The van der Waals surface area contributed by atoms with Gasteiger partial charge in [0.05, 0.1) is 18.7 Å². The summed E-state index contributed by atoms with van der Waals surface area (Å²) < 4.78 is 19.2. The SMILES string of the molecule is COc1ccc2[nH]c3c(c2c1)CCCC3NC(=O)c1ccccc1F. The van der Waals surface area contributed by atoms with Gasteiger partial charge >= 0.3 is 0 Å². The molecular formula is C20H19FN2O2. The Balaban J connectivity index is 1.68. The van der Waals surface area contributed by atoms with Crippen molar-refractivity contribution in [3.8, 4) is 5.75 Å². The molecule has 4 rings (SSSR count). The molecule has 0 fully saturated rings. The molecule has 0 radical (unpaired) electrons. The summed E-state index contributed by atoms with van der Waals surface area (Å²) >= 11 is 0. The minimum atomic E-state index is -0.502. The number of hydrogen-bond acceptors (Lipinski definition) is 2. The van der Waals surface area contributed by atoms with Crippen LogP contribution in [-0.2, 0) is 6.42 Å². The summed E-state index contributed by atoms with van der Waals surface area (Å²) in [5.41, 5.74) is 3.32. The van der Waals surface area contributed by atoms with E-state index in [1.165, 1.54) is 17.7 Å². The Morgan fingerprint density at radius 3 is 2.92 bits per heavy atom. The number of benzene rings is 2. The summed E-state index contributed by atoms with van der Waals surface area (Å²) in [7, 11) is 1.65. The zero-order chi connectivity index (χ0) is 17.4. The van der Waals surface area contributed by atoms with Gasteiger partial charge in [0.25, 0.3) is 5.91 Å². The first-order chi connectivity index (χ1) is 12.2. The van der Waals surface area contributed by atoms with E-state index in [1.807, 2.05) is 18.2 Å². The molecule has 1 heterocycles. The maximum Gasteiger partial charge on any atom is 0.254 e. The summed E-state index contributed by atoms with van der Waals surface area (Å²) in [6.07, 6.45) is 2.76. The van der Waals surface area contributed by atoms with Crippen LogP contribution >= 0.6 is 0 Å². The number of nitrogens with one attached hydrogen (secondary N) is 2. The van der Waals surface area contributed by atoms with Crippen LogP contribution in [0.2, 0.25) is 0 Å². The minimum absolute atomic E-state index is 0.0763. The molecule has 1 aliphatic carbocycles. The standard InChI is InChI=1S/C20H19FN2O2/c1-25-12-9-10-17-15(11-12)13-6-4-8-18(19(13)22-17)23-20(24)14-5-2-3-7-16(14)21/h2-3,5,7,9-11,18,22H,4,6,8H2,1H3,(H,23,24). The molecule has 0 saturated heterocycles. The molecule has 5 heteroatoms. The number of methoxy groups -OCH3 is 1. The number of carbonyl (C=O) groups excluding carboxylic acids is 1. The van der Waals surface area contributed by atoms with Crippen molar-refractivity contribution in [1.82, 2.24) is 10.3 Å². The second kappa shape index (κ2) is 6.24. The van der Waals surface area contributed by atoms with Gasteiger partial charge in [-0.1, -0.05) is 12.1 Å². The van der Waals surface area contributed by atoms with E-state index in [2.05, 4.69) is 10.3 Å². The first kappa shape index (κ1) is 15.7. The fourth-order valence-corrected chi connectivity index (χ4v) is 3.59. The maximum atomic E-state index is 13.9. The van der Waals surface area contributed by atoms with Crippen molar-refractivity contribution in [2.45, 2.75) is 25.3 Å². The van der Waals surface area contributed by atoms with Gasteiger partial charge in [-0.3, -0.25) is 4.79 Å². The molecule has 25 heavy (non-hydrogen) atoms. The molecule has 0 saturated carbocycles. The van der Waals surface area contributed by atoms with Crippen LogP contribution in [0.4, 0.5) is 4.39 Å². The average Bonchev–Trinajstić information content (AvgIpc) is 3.01. The van der Waals surface area contributed by atoms with Crippen molar-refractivity contribution < 1.29 is 13.9 Å². The third-order valence-electron chi connectivity index (χ3n) is 4.84. The Hall–Kier alpha value is -2.82. The number of ether oxygens (including phenoxy) is 1. The number of aromatic amines is 1. The van der Waals surface area contributed by atoms with E-state index in [1.54, 1.807) is 19.2 Å². The molecule has 0 spiro atoms. The third kappa shape index (κ3) is 2.76. The molecule has 1 unspecified atom stereocenters. The smallest absolute Gasteiger partial charge is 0.254 e. The Morgan fingerprint density at radius 1 is 1.28 bits per heavy atom. The number of fused-ring (bicyclic) bond motifs is 3. The Labute approximate surface area is 145 Å². The number of rotatable bonds is 3. The molecule has 0 bridgehead atoms. The highest BCUT2D eigenvalue weighted by Crippen LogP contribution is 2.36. The van der Waals surface area contributed by atoms with Gasteiger partial charge in [0.2, 0.25) is 0 Å². The number of H-pyrrole nitrogens is 1. The normalized spacial score (nSPS) is 16.5. The molecule has 2 N–H and O–H groups in total. The third-order valence-corrected chi connectivity index (χ3v) is 4.84. The number of aromatic nitrogens is 1. The fraction of sp³-hybridized carbons (Fsp3) is 0.250. The zero-order valence-electron chi connectivity index (χ0n) is 13.9. The van der Waals surface area contributed by atoms with Gasteiger partial charge in [-0.25, -0.2) is 4.39 Å². The molecule has 3 aromatic rings. The predicted octanol–water partition coefficient (Wildman–Crippen LogP) is 4.12. The summed E-state index contributed by atoms with van der Waals surface area (Å²) in [5.74, 6) is -0.0728. The van der Waals surface area contributed by atoms with Crippen LogP contribution in [-0.4, -0.2) is 18.0 Å². The average molecular weight is 338 g/mol. The first-order valence-corrected chi connectivity index (χ1v) is 8.41. The van der Waals surface area contributed by atoms with Gasteiger partial charge in [0, 0.05) is 16.6 Å². The van der Waals surface area contributed by atoms with Crippen LogP contribution < -0.4 is 10.1 Å². The van der Waals surface area contributed by atoms with Crippen LogP contribution in [0.25, 0.3) is 10.9 Å². The molecule has 1 aliphatic rings. The minimum Gasteiger partial charge on any atom is -0.497 e. The van der Waals surface area contributed by atoms with Gasteiger partial charge in [0.15, 0.2) is 0 Å². The molecule has 4 nitrogen and oxygen atoms in total. The maximum absolute atomic E-state index is 13.9. The van der Waals surface area contributed by atoms with Crippen LogP contribution in [0.5, 0.6) is 5.75 Å². The van der Waals surface area contributed by atoms with E-state index in [4.69, 9.17) is 4.74 Å². The summed E-state index contributed by atoms with van der Waals surface area (Å²) in [6, 6.07) is 11.8. The van der Waals surface area contributed by atoms with Crippen LogP contribution in [0.1, 0.15) is 40.5 Å². The number of halogens is 1. The number of amides is 1. The number of hydrogen-bond donors (Lipinski definition) is 2. The van der Waals surface area contributed by atoms with E-state index < -0.39 is 5.82 Å². The molecule has 1 atom stereocenters. The topological polar surface area (TPSA) is 54.1 Å². The second-order valence-electron chi connectivity index (χ2n) is 6.33. The lowest BCUT2D eigenvalue weighted by atomic mass is 9.91. The van der Waals surface area contributed by atoms with Crippen molar-refractivity contribution in [3.63, 3.8) is 0 Å². The summed E-state index contributed by atoms with van der Waals surface area (Å²) in [4.78, 5) is 15.9. The predicted molar refractivity (Wildman–Crippen MR) is 94.4 cm³/mol. The summed E-state index contributed by atoms with van der Waals surface area (Å²) in [6.45, 7) is 0.